The Hall–Kier alpha value is -1.47. The van der Waals surface area contributed by atoms with Crippen molar-refractivity contribution in [3.63, 3.8) is 0 Å². The number of benzene rings is 2. The molecule has 0 radical (unpaired) electrons. The highest BCUT2D eigenvalue weighted by molar-refractivity contribution is 6.31. The molecule has 0 fully saturated rings. The first kappa shape index (κ1) is 9.73. The quantitative estimate of drug-likeness (QED) is 0.702. The first-order valence-electron chi connectivity index (χ1n) is 5.41. The van der Waals surface area contributed by atoms with Gasteiger partial charge in [-0.3, -0.25) is 0 Å². The molecule has 2 aromatic rings. The molecule has 0 aliphatic carbocycles. The maximum absolute atomic E-state index is 6.01. The number of halogens is 1. The van der Waals surface area contributed by atoms with Gasteiger partial charge in [-0.1, -0.05) is 41.9 Å². The average molecular weight is 230 g/mol. The molecule has 1 N–H and O–H groups in total. The average Bonchev–Trinajstić information content (AvgIpc) is 2.29. The van der Waals surface area contributed by atoms with Gasteiger partial charge >= 0.3 is 0 Å². The number of fused-ring (bicyclic) bond motifs is 3. The molecule has 16 heavy (non-hydrogen) atoms. The van der Waals surface area contributed by atoms with E-state index in [1.807, 2.05) is 12.1 Å². The van der Waals surface area contributed by atoms with Gasteiger partial charge in [-0.2, -0.15) is 0 Å². The van der Waals surface area contributed by atoms with Crippen LogP contribution in [-0.2, 0) is 0 Å². The van der Waals surface area contributed by atoms with Crippen LogP contribution in [-0.4, -0.2) is 0 Å². The fourth-order valence-electron chi connectivity index (χ4n) is 2.30. The lowest BCUT2D eigenvalue weighted by Gasteiger charge is -2.27. The van der Waals surface area contributed by atoms with E-state index in [0.717, 1.165) is 10.7 Å². The molecule has 0 amide bonds. The topological polar surface area (TPSA) is 12.0 Å². The zero-order chi connectivity index (χ0) is 11.1. The Bertz CT molecular complexity index is 548. The summed E-state index contributed by atoms with van der Waals surface area (Å²) in [6.45, 7) is 2.17. The molecule has 1 atom stereocenters. The van der Waals surface area contributed by atoms with Crippen molar-refractivity contribution in [2.24, 2.45) is 0 Å². The number of anilines is 1. The van der Waals surface area contributed by atoms with Crippen LogP contribution in [0.1, 0.15) is 18.5 Å². The van der Waals surface area contributed by atoms with E-state index in [4.69, 9.17) is 11.6 Å². The number of hydrogen-bond acceptors (Lipinski definition) is 1. The van der Waals surface area contributed by atoms with E-state index in [0.29, 0.717) is 6.04 Å². The van der Waals surface area contributed by atoms with Crippen LogP contribution >= 0.6 is 11.6 Å². The van der Waals surface area contributed by atoms with E-state index in [-0.39, 0.29) is 0 Å². The Morgan fingerprint density at radius 2 is 1.88 bits per heavy atom. The lowest BCUT2D eigenvalue weighted by Crippen LogP contribution is -2.13. The van der Waals surface area contributed by atoms with Gasteiger partial charge in [0.1, 0.15) is 0 Å². The van der Waals surface area contributed by atoms with Crippen LogP contribution in [0.5, 0.6) is 0 Å². The van der Waals surface area contributed by atoms with Crippen LogP contribution < -0.4 is 5.32 Å². The van der Waals surface area contributed by atoms with Crippen molar-refractivity contribution in [3.8, 4) is 11.1 Å². The summed E-state index contributed by atoms with van der Waals surface area (Å²) in [7, 11) is 0. The summed E-state index contributed by atoms with van der Waals surface area (Å²) in [5.41, 5.74) is 5.01. The van der Waals surface area contributed by atoms with Gasteiger partial charge in [0.2, 0.25) is 0 Å². The second-order valence-corrected chi connectivity index (χ2v) is 4.58. The lowest BCUT2D eigenvalue weighted by molar-refractivity contribution is 0.876. The molecule has 0 saturated carbocycles. The first-order valence-corrected chi connectivity index (χ1v) is 5.79. The van der Waals surface area contributed by atoms with Gasteiger partial charge in [0.25, 0.3) is 0 Å². The van der Waals surface area contributed by atoms with Crippen molar-refractivity contribution >= 4 is 17.3 Å². The predicted octanol–water partition coefficient (Wildman–Crippen LogP) is 4.49. The summed E-state index contributed by atoms with van der Waals surface area (Å²) in [6.07, 6.45) is 0. The van der Waals surface area contributed by atoms with E-state index in [9.17, 15) is 0 Å². The molecule has 0 bridgehead atoms. The van der Waals surface area contributed by atoms with E-state index in [2.05, 4.69) is 42.6 Å². The molecule has 2 heteroatoms. The molecule has 1 unspecified atom stereocenters. The third-order valence-electron chi connectivity index (χ3n) is 3.07. The fourth-order valence-corrected chi connectivity index (χ4v) is 2.47. The molecule has 0 aromatic heterocycles. The van der Waals surface area contributed by atoms with Gasteiger partial charge in [-0.05, 0) is 30.2 Å². The first-order chi connectivity index (χ1) is 7.75. The third-order valence-corrected chi connectivity index (χ3v) is 3.31. The maximum Gasteiger partial charge on any atom is 0.0492 e. The summed E-state index contributed by atoms with van der Waals surface area (Å²) < 4.78 is 0. The number of nitrogens with one attached hydrogen (secondary N) is 1. The molecular weight excluding hydrogens is 218 g/mol. The number of rotatable bonds is 0. The smallest absolute Gasteiger partial charge is 0.0492 e. The Balaban J connectivity index is 2.27. The van der Waals surface area contributed by atoms with Gasteiger partial charge in [-0.25, -0.2) is 0 Å². The zero-order valence-electron chi connectivity index (χ0n) is 9.00. The molecule has 0 saturated heterocycles. The second-order valence-electron chi connectivity index (χ2n) is 4.14. The van der Waals surface area contributed by atoms with Crippen LogP contribution in [0.25, 0.3) is 11.1 Å². The second kappa shape index (κ2) is 3.53. The molecule has 1 aliphatic rings. The molecule has 3 rings (SSSR count). The summed E-state index contributed by atoms with van der Waals surface area (Å²) in [6, 6.07) is 14.8. The van der Waals surface area contributed by atoms with E-state index < -0.39 is 0 Å². The van der Waals surface area contributed by atoms with Crippen molar-refractivity contribution in [1.29, 1.82) is 0 Å². The normalized spacial score (nSPS) is 17.2. The third kappa shape index (κ3) is 1.40. The Morgan fingerprint density at radius 1 is 1.06 bits per heavy atom. The minimum absolute atomic E-state index is 0.335. The van der Waals surface area contributed by atoms with Crippen molar-refractivity contribution in [2.75, 3.05) is 5.32 Å². The predicted molar refractivity (Wildman–Crippen MR) is 68.9 cm³/mol. The van der Waals surface area contributed by atoms with Crippen molar-refractivity contribution < 1.29 is 0 Å². The highest BCUT2D eigenvalue weighted by Gasteiger charge is 2.20. The molecule has 1 heterocycles. The molecule has 2 aromatic carbocycles. The molecule has 1 aliphatic heterocycles. The van der Waals surface area contributed by atoms with E-state index >= 15 is 0 Å². The van der Waals surface area contributed by atoms with Crippen LogP contribution in [0.3, 0.4) is 0 Å². The minimum atomic E-state index is 0.335. The van der Waals surface area contributed by atoms with Gasteiger partial charge in [0, 0.05) is 22.3 Å². The van der Waals surface area contributed by atoms with Crippen molar-refractivity contribution in [1.82, 2.24) is 0 Å². The molecule has 1 nitrogen and oxygen atoms in total. The molecular formula is C14H12ClN. The Labute approximate surface area is 100 Å². The standard InChI is InChI=1S/C14H12ClN/c1-9-11-4-2-3-5-12(11)13-7-6-10(15)8-14(13)16-9/h2-9,16H,1H3. The Kier molecular flexibility index (Phi) is 2.15. The van der Waals surface area contributed by atoms with Gasteiger partial charge in [-0.15, -0.1) is 0 Å². The SMILES string of the molecule is CC1Nc2cc(Cl)ccc2-c2ccccc21. The summed E-state index contributed by atoms with van der Waals surface area (Å²) >= 11 is 6.01. The van der Waals surface area contributed by atoms with Crippen LogP contribution in [0.2, 0.25) is 5.02 Å². The maximum atomic E-state index is 6.01. The van der Waals surface area contributed by atoms with Crippen LogP contribution in [0, 0.1) is 0 Å². The largest absolute Gasteiger partial charge is 0.378 e. The van der Waals surface area contributed by atoms with Gasteiger partial charge in [0.15, 0.2) is 0 Å². The molecule has 80 valence electrons. The van der Waals surface area contributed by atoms with Gasteiger partial charge in [0.05, 0.1) is 0 Å². The highest BCUT2D eigenvalue weighted by Crippen LogP contribution is 2.40. The van der Waals surface area contributed by atoms with Crippen LogP contribution in [0.4, 0.5) is 5.69 Å². The van der Waals surface area contributed by atoms with Crippen molar-refractivity contribution in [3.05, 3.63) is 53.1 Å². The molecule has 0 spiro atoms. The zero-order valence-corrected chi connectivity index (χ0v) is 9.75. The fraction of sp³-hybridized carbons (Fsp3) is 0.143. The summed E-state index contributed by atoms with van der Waals surface area (Å²) in [5, 5.41) is 4.25. The highest BCUT2D eigenvalue weighted by atomic mass is 35.5. The number of hydrogen-bond donors (Lipinski definition) is 1. The minimum Gasteiger partial charge on any atom is -0.378 e. The van der Waals surface area contributed by atoms with Crippen LogP contribution in [0.15, 0.2) is 42.5 Å². The van der Waals surface area contributed by atoms with Crippen molar-refractivity contribution in [2.45, 2.75) is 13.0 Å². The Morgan fingerprint density at radius 3 is 2.75 bits per heavy atom. The monoisotopic (exact) mass is 229 g/mol. The summed E-state index contributed by atoms with van der Waals surface area (Å²) in [4.78, 5) is 0. The van der Waals surface area contributed by atoms with E-state index in [1.54, 1.807) is 0 Å². The van der Waals surface area contributed by atoms with Gasteiger partial charge < -0.3 is 5.32 Å². The van der Waals surface area contributed by atoms with E-state index in [1.165, 1.54) is 16.7 Å². The lowest BCUT2D eigenvalue weighted by atomic mass is 9.90. The summed E-state index contributed by atoms with van der Waals surface area (Å²) in [5.74, 6) is 0.